The maximum absolute atomic E-state index is 14.4. The van der Waals surface area contributed by atoms with Gasteiger partial charge in [-0.15, -0.1) is 0 Å². The number of Topliss-reactive ketones (excluding diaryl/α,β-unsaturated/α-hetero) is 1. The minimum atomic E-state index is -1.47. The van der Waals surface area contributed by atoms with Crippen molar-refractivity contribution in [2.75, 3.05) is 66.4 Å². The number of anilines is 1. The van der Waals surface area contributed by atoms with Crippen LogP contribution in [0.4, 0.5) is 10.5 Å². The Bertz CT molecular complexity index is 1420. The molecular weight excluding hydrogens is 704 g/mol. The number of aliphatic hydroxyl groups excluding tert-OH is 1. The molecule has 0 unspecified atom stereocenters. The molecule has 9 atom stereocenters. The summed E-state index contributed by atoms with van der Waals surface area (Å²) >= 11 is 0. The van der Waals surface area contributed by atoms with Crippen molar-refractivity contribution >= 4 is 23.5 Å². The summed E-state index contributed by atoms with van der Waals surface area (Å²) in [4.78, 5) is 47.8. The molecule has 1 aromatic carbocycles. The lowest BCUT2D eigenvalue weighted by atomic mass is 9.74. The van der Waals surface area contributed by atoms with E-state index in [0.29, 0.717) is 43.3 Å². The number of carbonyl (C=O) groups excluding carboxylic acids is 3. The van der Waals surface area contributed by atoms with E-state index in [1.165, 1.54) is 0 Å². The Hall–Kier alpha value is -2.81. The summed E-state index contributed by atoms with van der Waals surface area (Å²) in [6, 6.07) is 6.92. The fraction of sp³-hybridized carbons (Fsp3) is 0.786. The van der Waals surface area contributed by atoms with Crippen LogP contribution in [-0.2, 0) is 28.5 Å². The minimum Gasteiger partial charge on any atom is -0.497 e. The number of urea groups is 1. The van der Waals surface area contributed by atoms with Gasteiger partial charge in [0.25, 0.3) is 0 Å². The minimum absolute atomic E-state index is 0.0753. The van der Waals surface area contributed by atoms with Gasteiger partial charge in [0, 0.05) is 56.5 Å². The zero-order chi connectivity index (χ0) is 40.7. The molecule has 0 aromatic heterocycles. The van der Waals surface area contributed by atoms with Gasteiger partial charge < -0.3 is 43.9 Å². The molecule has 3 aliphatic rings. The van der Waals surface area contributed by atoms with Crippen LogP contribution in [0.2, 0.25) is 0 Å². The molecule has 2 N–H and O–H groups in total. The SMILES string of the molecule is CCCN1C[C@H](C)C[C@@](C)(OC)[C@H](O[C@@H]2O[C@H](C)C[C@H](N(C)C)[C@H]2O)[C@@H](C)C(=O)C(C)(C)C(=O)OC[C@H]1CC1CCN(C(=O)Nc2cccc(OC)c2)CC1. The number of aliphatic hydroxyl groups is 1. The van der Waals surface area contributed by atoms with Crippen LogP contribution < -0.4 is 10.1 Å². The van der Waals surface area contributed by atoms with Gasteiger partial charge in [-0.25, -0.2) is 4.79 Å². The molecule has 3 aliphatic heterocycles. The van der Waals surface area contributed by atoms with E-state index >= 15 is 0 Å². The molecule has 3 saturated heterocycles. The number of amides is 2. The molecule has 3 heterocycles. The first-order valence-corrected chi connectivity index (χ1v) is 20.3. The molecule has 0 radical (unpaired) electrons. The number of benzene rings is 1. The predicted molar refractivity (Wildman–Crippen MR) is 212 cm³/mol. The number of esters is 1. The zero-order valence-corrected chi connectivity index (χ0v) is 35.3. The van der Waals surface area contributed by atoms with Crippen LogP contribution in [0, 0.1) is 23.2 Å². The number of cyclic esters (lactones) is 1. The third-order valence-corrected chi connectivity index (χ3v) is 12.2. The normalized spacial score (nSPS) is 33.3. The van der Waals surface area contributed by atoms with Gasteiger partial charge in [0.15, 0.2) is 12.1 Å². The Morgan fingerprint density at radius 2 is 1.78 bits per heavy atom. The highest BCUT2D eigenvalue weighted by molar-refractivity contribution is 6.04. The summed E-state index contributed by atoms with van der Waals surface area (Å²) in [5, 5.41) is 14.4. The lowest BCUT2D eigenvalue weighted by Crippen LogP contribution is -2.59. The molecule has 3 fully saturated rings. The Kier molecular flexibility index (Phi) is 16.0. The zero-order valence-electron chi connectivity index (χ0n) is 35.3. The third kappa shape index (κ3) is 11.2. The van der Waals surface area contributed by atoms with Crippen molar-refractivity contribution in [3.05, 3.63) is 24.3 Å². The van der Waals surface area contributed by atoms with E-state index in [2.05, 4.69) is 24.1 Å². The molecule has 0 bridgehead atoms. The van der Waals surface area contributed by atoms with Crippen LogP contribution in [0.1, 0.15) is 87.0 Å². The number of likely N-dealkylation sites (N-methyl/N-ethyl adjacent to an activating group) is 1. The summed E-state index contributed by atoms with van der Waals surface area (Å²) in [5.41, 5.74) is -1.75. The molecule has 4 rings (SSSR count). The molecule has 0 aliphatic carbocycles. The highest BCUT2D eigenvalue weighted by Crippen LogP contribution is 2.39. The van der Waals surface area contributed by atoms with Gasteiger partial charge in [-0.05, 0) is 111 Å². The second kappa shape index (κ2) is 19.6. The number of likely N-dealkylation sites (tertiary alicyclic amines) is 1. The number of rotatable bonds is 10. The molecule has 0 spiro atoms. The van der Waals surface area contributed by atoms with Crippen molar-refractivity contribution in [3.8, 4) is 5.75 Å². The Labute approximate surface area is 329 Å². The molecule has 1 aromatic rings. The first kappa shape index (κ1) is 44.9. The van der Waals surface area contributed by atoms with Crippen molar-refractivity contribution in [3.63, 3.8) is 0 Å². The van der Waals surface area contributed by atoms with E-state index in [-0.39, 0.29) is 42.5 Å². The van der Waals surface area contributed by atoms with Crippen molar-refractivity contribution < 1.29 is 43.2 Å². The summed E-state index contributed by atoms with van der Waals surface area (Å²) in [5.74, 6) is -0.580. The maximum Gasteiger partial charge on any atom is 0.321 e. The second-order valence-corrected chi connectivity index (χ2v) is 17.3. The smallest absolute Gasteiger partial charge is 0.321 e. The van der Waals surface area contributed by atoms with Crippen molar-refractivity contribution in [2.45, 2.75) is 129 Å². The summed E-state index contributed by atoms with van der Waals surface area (Å²) in [6.07, 6.45) is 1.60. The van der Waals surface area contributed by atoms with Crippen LogP contribution in [-0.4, -0.2) is 141 Å². The number of ether oxygens (including phenoxy) is 5. The highest BCUT2D eigenvalue weighted by atomic mass is 16.7. The second-order valence-electron chi connectivity index (χ2n) is 17.3. The number of piperidine rings is 1. The molecule has 55 heavy (non-hydrogen) atoms. The Balaban J connectivity index is 1.55. The summed E-state index contributed by atoms with van der Waals surface area (Å²) in [6.45, 7) is 16.2. The maximum atomic E-state index is 14.4. The van der Waals surface area contributed by atoms with Gasteiger partial charge in [0.1, 0.15) is 23.9 Å². The molecule has 0 saturated carbocycles. The Morgan fingerprint density at radius 3 is 2.40 bits per heavy atom. The van der Waals surface area contributed by atoms with Crippen molar-refractivity contribution in [2.24, 2.45) is 23.2 Å². The van der Waals surface area contributed by atoms with E-state index in [1.807, 2.05) is 55.9 Å². The topological polar surface area (TPSA) is 139 Å². The van der Waals surface area contributed by atoms with Crippen LogP contribution in [0.15, 0.2) is 24.3 Å². The third-order valence-electron chi connectivity index (χ3n) is 12.2. The molecule has 13 nitrogen and oxygen atoms in total. The number of ketones is 1. The van der Waals surface area contributed by atoms with Crippen LogP contribution in [0.25, 0.3) is 0 Å². The summed E-state index contributed by atoms with van der Waals surface area (Å²) in [7, 11) is 7.08. The Morgan fingerprint density at radius 1 is 1.09 bits per heavy atom. The molecule has 312 valence electrons. The van der Waals surface area contributed by atoms with E-state index < -0.39 is 41.4 Å². The average Bonchev–Trinajstić information content (AvgIpc) is 3.15. The number of hydrogen-bond acceptors (Lipinski definition) is 11. The van der Waals surface area contributed by atoms with Crippen molar-refractivity contribution in [1.29, 1.82) is 0 Å². The molecule has 13 heteroatoms. The number of methoxy groups -OCH3 is 2. The lowest BCUT2D eigenvalue weighted by molar-refractivity contribution is -0.295. The quantitative estimate of drug-likeness (QED) is 0.232. The van der Waals surface area contributed by atoms with Gasteiger partial charge >= 0.3 is 12.0 Å². The fourth-order valence-electron chi connectivity index (χ4n) is 8.91. The van der Waals surface area contributed by atoms with E-state index in [4.69, 9.17) is 23.7 Å². The first-order valence-electron chi connectivity index (χ1n) is 20.3. The number of hydrogen-bond donors (Lipinski definition) is 2. The highest BCUT2D eigenvalue weighted by Gasteiger charge is 2.51. The monoisotopic (exact) mass is 775 g/mol. The summed E-state index contributed by atoms with van der Waals surface area (Å²) < 4.78 is 30.6. The van der Waals surface area contributed by atoms with Crippen LogP contribution >= 0.6 is 0 Å². The fourth-order valence-corrected chi connectivity index (χ4v) is 8.91. The van der Waals surface area contributed by atoms with Crippen molar-refractivity contribution in [1.82, 2.24) is 14.7 Å². The molecule has 2 amide bonds. The van der Waals surface area contributed by atoms with E-state index in [9.17, 15) is 19.5 Å². The van der Waals surface area contributed by atoms with Gasteiger partial charge in [0.05, 0.1) is 24.9 Å². The molecular formula is C42H70N4O9. The van der Waals surface area contributed by atoms with Gasteiger partial charge in [-0.2, -0.15) is 0 Å². The first-order chi connectivity index (χ1) is 25.9. The van der Waals surface area contributed by atoms with E-state index in [1.54, 1.807) is 41.1 Å². The lowest BCUT2D eigenvalue weighted by Gasteiger charge is -2.47. The average molecular weight is 775 g/mol. The van der Waals surface area contributed by atoms with Crippen LogP contribution in [0.5, 0.6) is 5.75 Å². The van der Waals surface area contributed by atoms with Gasteiger partial charge in [0.2, 0.25) is 0 Å². The standard InChI is InChI=1S/C42H70N4O9/c1-12-18-46-25-27(2)24-42(7,52-11)37(55-38-35(47)34(44(8)9)21-28(3)54-38)29(4)36(48)41(5,6)39(49)53-26-32(46)22-30-16-19-45(20-17-30)40(50)43-31-14-13-15-33(23-31)51-10/h13-15,23,27-30,32,34-35,37-38,47H,12,16-22,24-26H2,1-11H3,(H,43,50)/t27-,28-,29+,32-,34+,35-,37-,38+,42-/m1/s1. The van der Waals surface area contributed by atoms with Crippen LogP contribution in [0.3, 0.4) is 0 Å². The predicted octanol–water partition coefficient (Wildman–Crippen LogP) is 5.44. The number of carbonyl (C=O) groups is 3. The largest absolute Gasteiger partial charge is 0.497 e. The van der Waals surface area contributed by atoms with E-state index in [0.717, 1.165) is 38.8 Å². The number of nitrogens with one attached hydrogen (secondary N) is 1. The number of nitrogens with zero attached hydrogens (tertiary/aromatic N) is 3. The van der Waals surface area contributed by atoms with Gasteiger partial charge in [-0.1, -0.05) is 26.8 Å². The van der Waals surface area contributed by atoms with Gasteiger partial charge in [-0.3, -0.25) is 14.5 Å².